The monoisotopic (exact) mass is 273 g/mol. The third kappa shape index (κ3) is 2.29. The van der Waals surface area contributed by atoms with Crippen molar-refractivity contribution < 1.29 is 4.42 Å². The molecule has 0 aliphatic heterocycles. The van der Waals surface area contributed by atoms with Crippen LogP contribution >= 0.6 is 0 Å². The van der Waals surface area contributed by atoms with Crippen LogP contribution in [0.4, 0.5) is 0 Å². The first-order valence-corrected chi connectivity index (χ1v) is 7.40. The molecule has 20 heavy (non-hydrogen) atoms. The summed E-state index contributed by atoms with van der Waals surface area (Å²) in [7, 11) is 2.04. The summed E-state index contributed by atoms with van der Waals surface area (Å²) in [6, 6.07) is 2.83. The quantitative estimate of drug-likeness (QED) is 0.932. The fourth-order valence-electron chi connectivity index (χ4n) is 3.35. The Balaban J connectivity index is 1.80. The van der Waals surface area contributed by atoms with E-state index in [0.717, 1.165) is 17.9 Å². The van der Waals surface area contributed by atoms with Gasteiger partial charge in [0.05, 0.1) is 6.20 Å². The van der Waals surface area contributed by atoms with E-state index in [2.05, 4.69) is 23.4 Å². The van der Waals surface area contributed by atoms with Crippen molar-refractivity contribution in [3.05, 3.63) is 40.6 Å². The van der Waals surface area contributed by atoms with Gasteiger partial charge in [-0.2, -0.15) is 5.10 Å². The van der Waals surface area contributed by atoms with Crippen LogP contribution in [0.3, 0.4) is 0 Å². The minimum Gasteiger partial charge on any atom is -0.466 e. The number of furan rings is 1. The van der Waals surface area contributed by atoms with E-state index in [9.17, 15) is 0 Å². The summed E-state index contributed by atoms with van der Waals surface area (Å²) in [6.45, 7) is 6.25. The summed E-state index contributed by atoms with van der Waals surface area (Å²) in [5.41, 5.74) is 4.00. The average molecular weight is 273 g/mol. The zero-order valence-electron chi connectivity index (χ0n) is 12.7. The molecule has 2 atom stereocenters. The number of aryl methyl sites for hydroxylation is 3. The molecule has 108 valence electrons. The van der Waals surface area contributed by atoms with Crippen molar-refractivity contribution in [3.8, 4) is 0 Å². The second kappa shape index (κ2) is 5.09. The summed E-state index contributed by atoms with van der Waals surface area (Å²) >= 11 is 0. The number of hydrogen-bond acceptors (Lipinski definition) is 3. The molecule has 0 amide bonds. The number of rotatable bonds is 3. The van der Waals surface area contributed by atoms with E-state index in [1.807, 2.05) is 31.8 Å². The first-order chi connectivity index (χ1) is 9.56. The molecule has 2 aromatic heterocycles. The predicted octanol–water partition coefficient (Wildman–Crippen LogP) is 3.36. The first-order valence-electron chi connectivity index (χ1n) is 7.40. The number of fused-ring (bicyclic) bond motifs is 1. The molecule has 0 spiro atoms. The van der Waals surface area contributed by atoms with Gasteiger partial charge >= 0.3 is 0 Å². The Morgan fingerprint density at radius 2 is 2.25 bits per heavy atom. The zero-order valence-corrected chi connectivity index (χ0v) is 12.7. The van der Waals surface area contributed by atoms with Crippen molar-refractivity contribution >= 4 is 0 Å². The van der Waals surface area contributed by atoms with Gasteiger partial charge in [0, 0.05) is 36.0 Å². The summed E-state index contributed by atoms with van der Waals surface area (Å²) in [4.78, 5) is 0. The molecule has 0 aromatic carbocycles. The van der Waals surface area contributed by atoms with Crippen molar-refractivity contribution in [2.75, 3.05) is 0 Å². The van der Waals surface area contributed by atoms with Gasteiger partial charge in [0.2, 0.25) is 0 Å². The Kier molecular flexibility index (Phi) is 3.42. The van der Waals surface area contributed by atoms with Gasteiger partial charge in [0.25, 0.3) is 0 Å². The standard InChI is InChI=1S/C16H23N3O/c1-10-8-13(12(3)20-10)11(2)18-15-6-5-7-16-14(15)9-17-19(16)4/h8-9,11,15,18H,5-7H2,1-4H3. The van der Waals surface area contributed by atoms with Gasteiger partial charge in [-0.3, -0.25) is 4.68 Å². The Bertz CT molecular complexity index is 611. The molecule has 1 aliphatic rings. The molecule has 0 radical (unpaired) electrons. The van der Waals surface area contributed by atoms with Crippen molar-refractivity contribution in [2.45, 2.75) is 52.1 Å². The van der Waals surface area contributed by atoms with Crippen LogP contribution in [0.15, 0.2) is 16.7 Å². The van der Waals surface area contributed by atoms with Crippen molar-refractivity contribution in [1.82, 2.24) is 15.1 Å². The minimum absolute atomic E-state index is 0.295. The average Bonchev–Trinajstić information content (AvgIpc) is 2.94. The van der Waals surface area contributed by atoms with E-state index in [-0.39, 0.29) is 0 Å². The fraction of sp³-hybridized carbons (Fsp3) is 0.562. The molecule has 1 aliphatic carbocycles. The fourth-order valence-corrected chi connectivity index (χ4v) is 3.35. The molecule has 2 unspecified atom stereocenters. The van der Waals surface area contributed by atoms with Gasteiger partial charge in [-0.1, -0.05) is 0 Å². The van der Waals surface area contributed by atoms with Gasteiger partial charge in [-0.15, -0.1) is 0 Å². The van der Waals surface area contributed by atoms with E-state index in [1.165, 1.54) is 29.7 Å². The van der Waals surface area contributed by atoms with Crippen molar-refractivity contribution in [2.24, 2.45) is 7.05 Å². The largest absolute Gasteiger partial charge is 0.466 e. The molecular weight excluding hydrogens is 250 g/mol. The third-order valence-electron chi connectivity index (χ3n) is 4.37. The molecular formula is C16H23N3O. The van der Waals surface area contributed by atoms with Crippen LogP contribution in [-0.2, 0) is 13.5 Å². The maximum absolute atomic E-state index is 5.64. The molecule has 2 heterocycles. The molecule has 0 saturated heterocycles. The smallest absolute Gasteiger partial charge is 0.105 e. The molecule has 0 bridgehead atoms. The molecule has 0 saturated carbocycles. The second-order valence-corrected chi connectivity index (χ2v) is 5.87. The molecule has 2 aromatic rings. The van der Waals surface area contributed by atoms with E-state index < -0.39 is 0 Å². The third-order valence-corrected chi connectivity index (χ3v) is 4.37. The topological polar surface area (TPSA) is 43.0 Å². The lowest BCUT2D eigenvalue weighted by atomic mass is 9.92. The van der Waals surface area contributed by atoms with Crippen LogP contribution in [0.2, 0.25) is 0 Å². The first kappa shape index (κ1) is 13.4. The van der Waals surface area contributed by atoms with E-state index in [4.69, 9.17) is 4.42 Å². The summed E-state index contributed by atoms with van der Waals surface area (Å²) in [6.07, 6.45) is 5.56. The summed E-state index contributed by atoms with van der Waals surface area (Å²) in [5.74, 6) is 2.00. The van der Waals surface area contributed by atoms with E-state index in [1.54, 1.807) is 0 Å². The lowest BCUT2D eigenvalue weighted by Crippen LogP contribution is -2.27. The molecule has 1 N–H and O–H groups in total. The highest BCUT2D eigenvalue weighted by Gasteiger charge is 2.25. The van der Waals surface area contributed by atoms with Gasteiger partial charge in [-0.05, 0) is 46.1 Å². The predicted molar refractivity (Wildman–Crippen MR) is 78.6 cm³/mol. The maximum Gasteiger partial charge on any atom is 0.105 e. The number of nitrogens with zero attached hydrogens (tertiary/aromatic N) is 2. The zero-order chi connectivity index (χ0) is 14.3. The molecule has 4 nitrogen and oxygen atoms in total. The van der Waals surface area contributed by atoms with Crippen LogP contribution in [0.1, 0.15) is 60.2 Å². The van der Waals surface area contributed by atoms with Crippen molar-refractivity contribution in [1.29, 1.82) is 0 Å². The highest BCUT2D eigenvalue weighted by molar-refractivity contribution is 5.27. The van der Waals surface area contributed by atoms with Crippen LogP contribution in [0, 0.1) is 13.8 Å². The van der Waals surface area contributed by atoms with Gasteiger partial charge < -0.3 is 9.73 Å². The van der Waals surface area contributed by atoms with Crippen LogP contribution in [0.25, 0.3) is 0 Å². The minimum atomic E-state index is 0.295. The lowest BCUT2D eigenvalue weighted by Gasteiger charge is -2.27. The second-order valence-electron chi connectivity index (χ2n) is 5.87. The molecule has 4 heteroatoms. The van der Waals surface area contributed by atoms with Crippen LogP contribution < -0.4 is 5.32 Å². The highest BCUT2D eigenvalue weighted by atomic mass is 16.3. The Hall–Kier alpha value is -1.55. The summed E-state index contributed by atoms with van der Waals surface area (Å²) in [5, 5.41) is 8.15. The number of hydrogen-bond donors (Lipinski definition) is 1. The highest BCUT2D eigenvalue weighted by Crippen LogP contribution is 2.32. The maximum atomic E-state index is 5.64. The summed E-state index contributed by atoms with van der Waals surface area (Å²) < 4.78 is 7.66. The van der Waals surface area contributed by atoms with Gasteiger partial charge in [-0.25, -0.2) is 0 Å². The van der Waals surface area contributed by atoms with Crippen molar-refractivity contribution in [3.63, 3.8) is 0 Å². The normalized spacial score (nSPS) is 19.9. The van der Waals surface area contributed by atoms with E-state index >= 15 is 0 Å². The Morgan fingerprint density at radius 1 is 1.45 bits per heavy atom. The van der Waals surface area contributed by atoms with Gasteiger partial charge in [0.15, 0.2) is 0 Å². The van der Waals surface area contributed by atoms with Crippen LogP contribution in [0.5, 0.6) is 0 Å². The number of nitrogens with one attached hydrogen (secondary N) is 1. The Morgan fingerprint density at radius 3 is 2.95 bits per heavy atom. The van der Waals surface area contributed by atoms with E-state index in [0.29, 0.717) is 12.1 Å². The number of aromatic nitrogens is 2. The van der Waals surface area contributed by atoms with Crippen LogP contribution in [-0.4, -0.2) is 9.78 Å². The lowest BCUT2D eigenvalue weighted by molar-refractivity contribution is 0.406. The Labute approximate surface area is 120 Å². The van der Waals surface area contributed by atoms with Gasteiger partial charge in [0.1, 0.15) is 11.5 Å². The molecule has 0 fully saturated rings. The SMILES string of the molecule is Cc1cc(C(C)NC2CCCc3c2cnn3C)c(C)o1. The molecule has 3 rings (SSSR count).